The smallest absolute Gasteiger partial charge is 0.237 e. The van der Waals surface area contributed by atoms with E-state index in [2.05, 4.69) is 10.6 Å². The molecule has 3 heteroatoms. The van der Waals surface area contributed by atoms with Crippen molar-refractivity contribution in [2.45, 2.75) is 77.4 Å². The molecule has 1 aliphatic rings. The second-order valence-corrected chi connectivity index (χ2v) is 5.24. The third kappa shape index (κ3) is 4.97. The van der Waals surface area contributed by atoms with Crippen LogP contribution in [0.3, 0.4) is 0 Å². The molecule has 1 aliphatic carbocycles. The van der Waals surface area contributed by atoms with E-state index in [1.807, 2.05) is 20.8 Å². The molecule has 0 bridgehead atoms. The molecular weight excluding hydrogens is 200 g/mol. The fraction of sp³-hybridized carbons (Fsp3) is 0.923. The molecule has 1 saturated carbocycles. The van der Waals surface area contributed by atoms with E-state index in [1.54, 1.807) is 0 Å². The Morgan fingerprint density at radius 3 is 2.12 bits per heavy atom. The van der Waals surface area contributed by atoms with Gasteiger partial charge < -0.3 is 10.6 Å². The van der Waals surface area contributed by atoms with Crippen LogP contribution in [0.15, 0.2) is 0 Å². The summed E-state index contributed by atoms with van der Waals surface area (Å²) in [6.07, 6.45) is 7.75. The third-order valence-corrected chi connectivity index (χ3v) is 3.17. The molecule has 3 nitrogen and oxygen atoms in total. The normalized spacial score (nSPS) is 20.5. The Morgan fingerprint density at radius 1 is 1.06 bits per heavy atom. The van der Waals surface area contributed by atoms with E-state index < -0.39 is 0 Å². The Labute approximate surface area is 99.4 Å². The van der Waals surface area contributed by atoms with Gasteiger partial charge >= 0.3 is 0 Å². The van der Waals surface area contributed by atoms with Crippen molar-refractivity contribution in [3.8, 4) is 0 Å². The topological polar surface area (TPSA) is 41.1 Å². The molecular formula is C13H26N2O. The fourth-order valence-electron chi connectivity index (χ4n) is 2.28. The van der Waals surface area contributed by atoms with Crippen molar-refractivity contribution in [1.29, 1.82) is 0 Å². The van der Waals surface area contributed by atoms with Crippen molar-refractivity contribution < 1.29 is 4.79 Å². The monoisotopic (exact) mass is 226 g/mol. The molecule has 1 unspecified atom stereocenters. The van der Waals surface area contributed by atoms with Gasteiger partial charge in [-0.15, -0.1) is 0 Å². The molecule has 0 saturated heterocycles. The van der Waals surface area contributed by atoms with Crippen LogP contribution in [0.1, 0.15) is 59.3 Å². The first-order valence-corrected chi connectivity index (χ1v) is 6.66. The van der Waals surface area contributed by atoms with Crippen LogP contribution in [0.25, 0.3) is 0 Å². The zero-order valence-corrected chi connectivity index (χ0v) is 10.9. The molecule has 1 rings (SSSR count). The fourth-order valence-corrected chi connectivity index (χ4v) is 2.28. The number of carbonyl (C=O) groups is 1. The maximum absolute atomic E-state index is 11.7. The van der Waals surface area contributed by atoms with Gasteiger partial charge in [0.15, 0.2) is 0 Å². The number of nitrogens with one attached hydrogen (secondary N) is 2. The standard InChI is InChI=1S/C13H26N2O/c1-10(2)14-13(16)11(3)15-12-8-6-4-5-7-9-12/h10-12,15H,4-9H2,1-3H3,(H,14,16). The van der Waals surface area contributed by atoms with Crippen molar-refractivity contribution in [1.82, 2.24) is 10.6 Å². The lowest BCUT2D eigenvalue weighted by atomic mass is 10.1. The molecule has 0 radical (unpaired) electrons. The van der Waals surface area contributed by atoms with Crippen molar-refractivity contribution in [3.63, 3.8) is 0 Å². The van der Waals surface area contributed by atoms with Gasteiger partial charge in [0.25, 0.3) is 0 Å². The SMILES string of the molecule is CC(C)NC(=O)C(C)NC1CCCCCC1. The molecule has 1 atom stereocenters. The number of hydrogen-bond acceptors (Lipinski definition) is 2. The van der Waals surface area contributed by atoms with E-state index in [1.165, 1.54) is 38.5 Å². The van der Waals surface area contributed by atoms with Crippen molar-refractivity contribution >= 4 is 5.91 Å². The van der Waals surface area contributed by atoms with Gasteiger partial charge in [-0.2, -0.15) is 0 Å². The largest absolute Gasteiger partial charge is 0.353 e. The van der Waals surface area contributed by atoms with Gasteiger partial charge in [-0.05, 0) is 33.6 Å². The minimum absolute atomic E-state index is 0.0644. The van der Waals surface area contributed by atoms with Gasteiger partial charge in [-0.25, -0.2) is 0 Å². The molecule has 2 N–H and O–H groups in total. The van der Waals surface area contributed by atoms with E-state index in [4.69, 9.17) is 0 Å². The van der Waals surface area contributed by atoms with Crippen LogP contribution in [0.2, 0.25) is 0 Å². The van der Waals surface area contributed by atoms with E-state index >= 15 is 0 Å². The molecule has 0 aromatic heterocycles. The molecule has 0 aliphatic heterocycles. The minimum atomic E-state index is -0.0644. The molecule has 94 valence electrons. The molecule has 1 fully saturated rings. The highest BCUT2D eigenvalue weighted by atomic mass is 16.2. The summed E-state index contributed by atoms with van der Waals surface area (Å²) in [5.41, 5.74) is 0. The summed E-state index contributed by atoms with van der Waals surface area (Å²) in [6, 6.07) is 0.701. The number of carbonyl (C=O) groups excluding carboxylic acids is 1. The average molecular weight is 226 g/mol. The number of hydrogen-bond donors (Lipinski definition) is 2. The van der Waals surface area contributed by atoms with Crippen molar-refractivity contribution in [3.05, 3.63) is 0 Å². The first kappa shape index (κ1) is 13.5. The molecule has 0 aromatic carbocycles. The predicted molar refractivity (Wildman–Crippen MR) is 67.4 cm³/mol. The average Bonchev–Trinajstić information content (AvgIpc) is 2.45. The van der Waals surface area contributed by atoms with Crippen LogP contribution in [0.4, 0.5) is 0 Å². The Balaban J connectivity index is 2.31. The van der Waals surface area contributed by atoms with E-state index in [-0.39, 0.29) is 18.0 Å². The lowest BCUT2D eigenvalue weighted by molar-refractivity contribution is -0.123. The van der Waals surface area contributed by atoms with Gasteiger partial charge in [0.1, 0.15) is 0 Å². The third-order valence-electron chi connectivity index (χ3n) is 3.17. The van der Waals surface area contributed by atoms with Crippen LogP contribution in [0.5, 0.6) is 0 Å². The van der Waals surface area contributed by atoms with Crippen molar-refractivity contribution in [2.24, 2.45) is 0 Å². The highest BCUT2D eigenvalue weighted by Gasteiger charge is 2.19. The van der Waals surface area contributed by atoms with E-state index in [0.717, 1.165) is 0 Å². The van der Waals surface area contributed by atoms with E-state index in [9.17, 15) is 4.79 Å². The minimum Gasteiger partial charge on any atom is -0.353 e. The Hall–Kier alpha value is -0.570. The quantitative estimate of drug-likeness (QED) is 0.722. The van der Waals surface area contributed by atoms with Gasteiger partial charge in [-0.1, -0.05) is 25.7 Å². The maximum atomic E-state index is 11.7. The summed E-state index contributed by atoms with van der Waals surface area (Å²) in [4.78, 5) is 11.7. The second-order valence-electron chi connectivity index (χ2n) is 5.24. The van der Waals surface area contributed by atoms with Gasteiger partial charge in [0.05, 0.1) is 6.04 Å². The molecule has 0 spiro atoms. The van der Waals surface area contributed by atoms with Crippen LogP contribution in [-0.4, -0.2) is 24.0 Å². The summed E-state index contributed by atoms with van der Waals surface area (Å²) in [5, 5.41) is 6.40. The number of rotatable bonds is 4. The first-order valence-electron chi connectivity index (χ1n) is 6.66. The van der Waals surface area contributed by atoms with Gasteiger partial charge in [0, 0.05) is 12.1 Å². The molecule has 16 heavy (non-hydrogen) atoms. The lowest BCUT2D eigenvalue weighted by Crippen LogP contribution is -2.48. The predicted octanol–water partition coefficient (Wildman–Crippen LogP) is 2.21. The Morgan fingerprint density at radius 2 is 1.62 bits per heavy atom. The maximum Gasteiger partial charge on any atom is 0.237 e. The molecule has 0 heterocycles. The van der Waals surface area contributed by atoms with Gasteiger partial charge in [-0.3, -0.25) is 4.79 Å². The van der Waals surface area contributed by atoms with Crippen LogP contribution >= 0.6 is 0 Å². The van der Waals surface area contributed by atoms with Crippen LogP contribution < -0.4 is 10.6 Å². The lowest BCUT2D eigenvalue weighted by Gasteiger charge is -2.22. The molecule has 1 amide bonds. The summed E-state index contributed by atoms with van der Waals surface area (Å²) in [6.45, 7) is 5.95. The van der Waals surface area contributed by atoms with Crippen LogP contribution in [-0.2, 0) is 4.79 Å². The summed E-state index contributed by atoms with van der Waals surface area (Å²) in [7, 11) is 0. The summed E-state index contributed by atoms with van der Waals surface area (Å²) in [5.74, 6) is 0.124. The Kier molecular flexibility index (Phi) is 5.81. The highest BCUT2D eigenvalue weighted by molar-refractivity contribution is 5.81. The zero-order chi connectivity index (χ0) is 12.0. The van der Waals surface area contributed by atoms with Gasteiger partial charge in [0.2, 0.25) is 5.91 Å². The van der Waals surface area contributed by atoms with Crippen molar-refractivity contribution in [2.75, 3.05) is 0 Å². The summed E-state index contributed by atoms with van der Waals surface area (Å²) < 4.78 is 0. The zero-order valence-electron chi connectivity index (χ0n) is 10.9. The highest BCUT2D eigenvalue weighted by Crippen LogP contribution is 2.17. The Bertz CT molecular complexity index is 208. The number of amides is 1. The summed E-state index contributed by atoms with van der Waals surface area (Å²) >= 11 is 0. The van der Waals surface area contributed by atoms with Crippen LogP contribution in [0, 0.1) is 0 Å². The second kappa shape index (κ2) is 6.89. The van der Waals surface area contributed by atoms with E-state index in [0.29, 0.717) is 6.04 Å². The molecule has 0 aromatic rings. The first-order chi connectivity index (χ1) is 7.59.